The van der Waals surface area contributed by atoms with Crippen molar-refractivity contribution in [2.24, 2.45) is 0 Å². The highest BCUT2D eigenvalue weighted by molar-refractivity contribution is 7.88. The van der Waals surface area contributed by atoms with Crippen molar-refractivity contribution in [2.75, 3.05) is 27.0 Å². The van der Waals surface area contributed by atoms with Gasteiger partial charge in [0.2, 0.25) is 15.9 Å². The van der Waals surface area contributed by atoms with Gasteiger partial charge in [0.1, 0.15) is 0 Å². The van der Waals surface area contributed by atoms with Crippen molar-refractivity contribution >= 4 is 27.5 Å². The highest BCUT2D eigenvalue weighted by atomic mass is 35.5. The third-order valence-corrected chi connectivity index (χ3v) is 5.17. The molecule has 2 aromatic carbocycles. The monoisotopic (exact) mass is 440 g/mol. The second kappa shape index (κ2) is 10.5. The summed E-state index contributed by atoms with van der Waals surface area (Å²) in [7, 11) is -0.360. The van der Waals surface area contributed by atoms with Gasteiger partial charge in [-0.1, -0.05) is 29.8 Å². The first-order valence-corrected chi connectivity index (χ1v) is 11.2. The summed E-state index contributed by atoms with van der Waals surface area (Å²) >= 11 is 5.89. The number of methoxy groups -OCH3 is 2. The summed E-state index contributed by atoms with van der Waals surface area (Å²) in [6, 6.07) is 11.6. The average molecular weight is 441 g/mol. The maximum Gasteiger partial charge on any atom is 0.221 e. The molecule has 158 valence electrons. The second-order valence-corrected chi connectivity index (χ2v) is 8.70. The molecule has 1 atom stereocenters. The molecule has 0 aliphatic rings. The van der Waals surface area contributed by atoms with Gasteiger partial charge in [0.15, 0.2) is 11.5 Å². The SMILES string of the molecule is COc1ccc(CCNC(=O)CC(NS(C)(=O)=O)c2ccc(Cl)cc2)cc1OC. The van der Waals surface area contributed by atoms with E-state index in [0.29, 0.717) is 35.1 Å². The Morgan fingerprint density at radius 2 is 1.72 bits per heavy atom. The largest absolute Gasteiger partial charge is 0.493 e. The van der Waals surface area contributed by atoms with Crippen molar-refractivity contribution in [1.82, 2.24) is 10.0 Å². The lowest BCUT2D eigenvalue weighted by atomic mass is 10.0. The first-order valence-electron chi connectivity index (χ1n) is 8.92. The third-order valence-electron chi connectivity index (χ3n) is 4.20. The molecule has 0 aliphatic heterocycles. The van der Waals surface area contributed by atoms with E-state index < -0.39 is 16.1 Å². The molecule has 0 saturated heterocycles. The normalized spacial score (nSPS) is 12.3. The topological polar surface area (TPSA) is 93.7 Å². The maximum atomic E-state index is 12.4. The number of hydrogen-bond acceptors (Lipinski definition) is 5. The Morgan fingerprint density at radius 3 is 2.31 bits per heavy atom. The van der Waals surface area contributed by atoms with Gasteiger partial charge in [0.05, 0.1) is 26.5 Å². The van der Waals surface area contributed by atoms with Crippen LogP contribution in [0.25, 0.3) is 0 Å². The number of halogens is 1. The molecule has 29 heavy (non-hydrogen) atoms. The Labute approximate surface area is 176 Å². The van der Waals surface area contributed by atoms with E-state index in [1.54, 1.807) is 38.5 Å². The Bertz CT molecular complexity index is 932. The number of amides is 1. The molecule has 2 N–H and O–H groups in total. The summed E-state index contributed by atoms with van der Waals surface area (Å²) in [6.07, 6.45) is 1.63. The first-order chi connectivity index (χ1) is 13.7. The quantitative estimate of drug-likeness (QED) is 0.592. The van der Waals surface area contributed by atoms with Crippen LogP contribution in [0.3, 0.4) is 0 Å². The number of hydrogen-bond donors (Lipinski definition) is 2. The lowest BCUT2D eigenvalue weighted by Gasteiger charge is -2.18. The van der Waals surface area contributed by atoms with E-state index in [4.69, 9.17) is 21.1 Å². The number of nitrogens with one attached hydrogen (secondary N) is 2. The lowest BCUT2D eigenvalue weighted by molar-refractivity contribution is -0.121. The van der Waals surface area contributed by atoms with Gasteiger partial charge in [-0.25, -0.2) is 13.1 Å². The van der Waals surface area contributed by atoms with Crippen LogP contribution in [-0.4, -0.2) is 41.3 Å². The Kier molecular flexibility index (Phi) is 8.31. The summed E-state index contributed by atoms with van der Waals surface area (Å²) in [5.41, 5.74) is 1.64. The zero-order chi connectivity index (χ0) is 21.4. The van der Waals surface area contributed by atoms with Gasteiger partial charge >= 0.3 is 0 Å². The van der Waals surface area contributed by atoms with Crippen molar-refractivity contribution in [3.63, 3.8) is 0 Å². The average Bonchev–Trinajstić information content (AvgIpc) is 2.66. The Hall–Kier alpha value is -2.29. The summed E-state index contributed by atoms with van der Waals surface area (Å²) in [6.45, 7) is 0.403. The van der Waals surface area contributed by atoms with E-state index in [-0.39, 0.29) is 12.3 Å². The molecule has 1 unspecified atom stereocenters. The number of carbonyl (C=O) groups excluding carboxylic acids is 1. The van der Waals surface area contributed by atoms with Gasteiger partial charge < -0.3 is 14.8 Å². The number of ether oxygens (including phenoxy) is 2. The van der Waals surface area contributed by atoms with Crippen LogP contribution >= 0.6 is 11.6 Å². The fourth-order valence-corrected chi connectivity index (χ4v) is 3.68. The van der Waals surface area contributed by atoms with Gasteiger partial charge in [-0.15, -0.1) is 0 Å². The molecule has 1 amide bonds. The molecule has 0 fully saturated rings. The van der Waals surface area contributed by atoms with E-state index in [1.807, 2.05) is 18.2 Å². The van der Waals surface area contributed by atoms with E-state index in [9.17, 15) is 13.2 Å². The molecule has 0 aliphatic carbocycles. The lowest BCUT2D eigenvalue weighted by Crippen LogP contribution is -2.34. The van der Waals surface area contributed by atoms with Gasteiger partial charge in [0.25, 0.3) is 0 Å². The standard InChI is InChI=1S/C20H25ClN2O5S/c1-27-18-9-4-14(12-19(18)28-2)10-11-22-20(24)13-17(23-29(3,25)26)15-5-7-16(21)8-6-15/h4-9,12,17,23H,10-11,13H2,1-3H3,(H,22,24). The van der Waals surface area contributed by atoms with Crippen LogP contribution in [-0.2, 0) is 21.2 Å². The fraction of sp³-hybridized carbons (Fsp3) is 0.350. The smallest absolute Gasteiger partial charge is 0.221 e. The Balaban J connectivity index is 1.96. The molecule has 0 heterocycles. The van der Waals surface area contributed by atoms with Gasteiger partial charge in [0, 0.05) is 18.0 Å². The van der Waals surface area contributed by atoms with E-state index in [2.05, 4.69) is 10.0 Å². The second-order valence-electron chi connectivity index (χ2n) is 6.49. The van der Waals surface area contributed by atoms with E-state index in [0.717, 1.165) is 11.8 Å². The summed E-state index contributed by atoms with van der Waals surface area (Å²) in [5.74, 6) is 0.996. The minimum atomic E-state index is -3.49. The maximum absolute atomic E-state index is 12.4. The molecular formula is C20H25ClN2O5S. The molecule has 0 saturated carbocycles. The molecule has 7 nitrogen and oxygen atoms in total. The van der Waals surface area contributed by atoms with Crippen molar-refractivity contribution in [2.45, 2.75) is 18.9 Å². The minimum Gasteiger partial charge on any atom is -0.493 e. The van der Waals surface area contributed by atoms with Crippen LogP contribution in [0.2, 0.25) is 5.02 Å². The van der Waals surface area contributed by atoms with Crippen LogP contribution in [0.1, 0.15) is 23.6 Å². The summed E-state index contributed by atoms with van der Waals surface area (Å²) in [4.78, 5) is 12.4. The number of sulfonamides is 1. The highest BCUT2D eigenvalue weighted by Gasteiger charge is 2.19. The van der Waals surface area contributed by atoms with Crippen molar-refractivity contribution in [3.8, 4) is 11.5 Å². The summed E-state index contributed by atoms with van der Waals surface area (Å²) in [5, 5.41) is 3.36. The van der Waals surface area contributed by atoms with Crippen LogP contribution in [0.4, 0.5) is 0 Å². The fourth-order valence-electron chi connectivity index (χ4n) is 2.82. The number of carbonyl (C=O) groups is 1. The molecule has 0 bridgehead atoms. The van der Waals surface area contributed by atoms with Crippen molar-refractivity contribution in [1.29, 1.82) is 0 Å². The molecule has 2 aromatic rings. The van der Waals surface area contributed by atoms with Crippen molar-refractivity contribution in [3.05, 3.63) is 58.6 Å². The van der Waals surface area contributed by atoms with Crippen LogP contribution < -0.4 is 19.5 Å². The van der Waals surface area contributed by atoms with Crippen LogP contribution in [0.5, 0.6) is 11.5 Å². The van der Waals surface area contributed by atoms with E-state index in [1.165, 1.54) is 0 Å². The molecule has 0 spiro atoms. The zero-order valence-corrected chi connectivity index (χ0v) is 18.1. The molecule has 9 heteroatoms. The zero-order valence-electron chi connectivity index (χ0n) is 16.6. The number of benzene rings is 2. The van der Waals surface area contributed by atoms with Gasteiger partial charge in [-0.05, 0) is 41.8 Å². The predicted molar refractivity (Wildman–Crippen MR) is 113 cm³/mol. The molecule has 0 aromatic heterocycles. The van der Waals surface area contributed by atoms with Crippen LogP contribution in [0.15, 0.2) is 42.5 Å². The van der Waals surface area contributed by atoms with Crippen molar-refractivity contribution < 1.29 is 22.7 Å². The number of rotatable bonds is 10. The van der Waals surface area contributed by atoms with Gasteiger partial charge in [-0.2, -0.15) is 0 Å². The minimum absolute atomic E-state index is 0.0271. The molecule has 2 rings (SSSR count). The molecule has 0 radical (unpaired) electrons. The van der Waals surface area contributed by atoms with Gasteiger partial charge in [-0.3, -0.25) is 4.79 Å². The third kappa shape index (κ3) is 7.56. The summed E-state index contributed by atoms with van der Waals surface area (Å²) < 4.78 is 36.3. The first kappa shape index (κ1) is 23.0. The predicted octanol–water partition coefficient (Wildman–Crippen LogP) is 2.70. The van der Waals surface area contributed by atoms with E-state index >= 15 is 0 Å². The highest BCUT2D eigenvalue weighted by Crippen LogP contribution is 2.27. The Morgan fingerprint density at radius 1 is 1.07 bits per heavy atom. The molecular weight excluding hydrogens is 416 g/mol. The van der Waals surface area contributed by atoms with Crippen LogP contribution in [0, 0.1) is 0 Å².